The molecule has 7 heteroatoms. The van der Waals surface area contributed by atoms with E-state index in [1.54, 1.807) is 73.7 Å². The molecular formula is C23H23NO5S. The summed E-state index contributed by atoms with van der Waals surface area (Å²) in [6.45, 7) is 5.90. The third-order valence-corrected chi connectivity index (χ3v) is 6.04. The van der Waals surface area contributed by atoms with E-state index in [1.807, 2.05) is 0 Å². The van der Waals surface area contributed by atoms with Crippen molar-refractivity contribution in [3.05, 3.63) is 84.8 Å². The number of carbonyl (C=O) groups is 1. The third-order valence-electron chi connectivity index (χ3n) is 4.33. The summed E-state index contributed by atoms with van der Waals surface area (Å²) in [4.78, 5) is 12.4. The van der Waals surface area contributed by atoms with E-state index in [9.17, 15) is 13.2 Å². The Kier molecular flexibility index (Phi) is 6.74. The van der Waals surface area contributed by atoms with E-state index in [1.165, 1.54) is 10.2 Å². The van der Waals surface area contributed by atoms with Gasteiger partial charge in [-0.15, -0.1) is 6.58 Å². The van der Waals surface area contributed by atoms with E-state index in [0.29, 0.717) is 24.1 Å². The minimum Gasteiger partial charge on any atom is -0.486 e. The molecule has 3 aromatic rings. The Labute approximate surface area is 176 Å². The average molecular weight is 426 g/mol. The molecule has 0 aliphatic rings. The summed E-state index contributed by atoms with van der Waals surface area (Å²) in [6.07, 6.45) is 5.40. The van der Waals surface area contributed by atoms with Crippen LogP contribution in [-0.4, -0.2) is 31.6 Å². The lowest BCUT2D eigenvalue weighted by atomic mass is 10.1. The van der Waals surface area contributed by atoms with Gasteiger partial charge in [0.25, 0.3) is 10.0 Å². The second-order valence-corrected chi connectivity index (χ2v) is 8.22. The first kappa shape index (κ1) is 21.4. The second kappa shape index (κ2) is 9.45. The number of hydrogen-bond acceptors (Lipinski definition) is 5. The monoisotopic (exact) mass is 425 g/mol. The highest BCUT2D eigenvalue weighted by molar-refractivity contribution is 7.90. The number of aromatic nitrogens is 1. The molecule has 0 fully saturated rings. The lowest BCUT2D eigenvalue weighted by Gasteiger charge is -2.09. The smallest absolute Gasteiger partial charge is 0.373 e. The maximum Gasteiger partial charge on any atom is 0.373 e. The Balaban J connectivity index is 1.97. The van der Waals surface area contributed by atoms with Crippen LogP contribution in [0.5, 0.6) is 0 Å². The number of carbonyl (C=O) groups excluding carboxylic acids is 1. The maximum absolute atomic E-state index is 12.9. The van der Waals surface area contributed by atoms with E-state index in [4.69, 9.17) is 9.47 Å². The van der Waals surface area contributed by atoms with Gasteiger partial charge in [-0.1, -0.05) is 30.3 Å². The summed E-state index contributed by atoms with van der Waals surface area (Å²) < 4.78 is 37.7. The van der Waals surface area contributed by atoms with Crippen molar-refractivity contribution in [3.8, 4) is 0 Å². The first-order chi connectivity index (χ1) is 14.5. The number of benzene rings is 2. The summed E-state index contributed by atoms with van der Waals surface area (Å²) in [5.41, 5.74) is 1.24. The number of esters is 1. The van der Waals surface area contributed by atoms with Crippen LogP contribution in [0.15, 0.2) is 84.1 Å². The minimum atomic E-state index is -3.70. The van der Waals surface area contributed by atoms with Crippen molar-refractivity contribution in [1.82, 2.24) is 3.97 Å². The molecule has 3 rings (SSSR count). The largest absolute Gasteiger partial charge is 0.486 e. The van der Waals surface area contributed by atoms with Crippen molar-refractivity contribution in [2.45, 2.75) is 18.2 Å². The highest BCUT2D eigenvalue weighted by Gasteiger charge is 2.19. The van der Waals surface area contributed by atoms with Gasteiger partial charge in [0.15, 0.2) is 0 Å². The second-order valence-electron chi connectivity index (χ2n) is 6.40. The van der Waals surface area contributed by atoms with E-state index in [2.05, 4.69) is 6.58 Å². The lowest BCUT2D eigenvalue weighted by Crippen LogP contribution is -2.11. The van der Waals surface area contributed by atoms with Gasteiger partial charge in [-0.25, -0.2) is 17.2 Å². The molecule has 0 saturated carbocycles. The molecule has 1 aromatic heterocycles. The Morgan fingerprint density at radius 1 is 1.10 bits per heavy atom. The summed E-state index contributed by atoms with van der Waals surface area (Å²) in [5, 5.41) is 0.720. The molecule has 0 atom stereocenters. The van der Waals surface area contributed by atoms with Crippen molar-refractivity contribution in [1.29, 1.82) is 0 Å². The molecule has 30 heavy (non-hydrogen) atoms. The molecule has 0 aliphatic heterocycles. The Morgan fingerprint density at radius 3 is 2.57 bits per heavy atom. The van der Waals surface area contributed by atoms with Crippen LogP contribution < -0.4 is 0 Å². The van der Waals surface area contributed by atoms with E-state index in [-0.39, 0.29) is 17.3 Å². The fourth-order valence-electron chi connectivity index (χ4n) is 2.91. The molecule has 156 valence electrons. The maximum atomic E-state index is 12.9. The highest BCUT2D eigenvalue weighted by Crippen LogP contribution is 2.24. The predicted molar refractivity (Wildman–Crippen MR) is 116 cm³/mol. The third kappa shape index (κ3) is 4.63. The number of fused-ring (bicyclic) bond motifs is 1. The van der Waals surface area contributed by atoms with Gasteiger partial charge < -0.3 is 9.47 Å². The van der Waals surface area contributed by atoms with Gasteiger partial charge in [0.1, 0.15) is 0 Å². The SMILES string of the molecule is C=CCCO/C(=C\c1ccc2c(ccn2S(=O)(=O)c2ccccc2)c1)C(=O)OCC. The van der Waals surface area contributed by atoms with Crippen molar-refractivity contribution in [2.75, 3.05) is 13.2 Å². The molecule has 0 unspecified atom stereocenters. The standard InChI is InChI=1S/C23H23NO5S/c1-3-5-15-29-22(23(25)28-4-2)17-18-11-12-21-19(16-18)13-14-24(21)30(26,27)20-9-7-6-8-10-20/h3,6-14,16-17H,1,4-5,15H2,2H3/b22-17-. The Bertz CT molecular complexity index is 1180. The first-order valence-corrected chi connectivity index (χ1v) is 11.0. The van der Waals surface area contributed by atoms with Gasteiger partial charge in [0.2, 0.25) is 5.76 Å². The van der Waals surface area contributed by atoms with Gasteiger partial charge in [-0.05, 0) is 55.3 Å². The number of hydrogen-bond donors (Lipinski definition) is 0. The molecule has 0 bridgehead atoms. The van der Waals surface area contributed by atoms with Crippen LogP contribution in [0.4, 0.5) is 0 Å². The van der Waals surface area contributed by atoms with E-state index >= 15 is 0 Å². The van der Waals surface area contributed by atoms with Gasteiger partial charge in [0.05, 0.1) is 23.6 Å². The molecule has 0 amide bonds. The zero-order valence-corrected chi connectivity index (χ0v) is 17.5. The minimum absolute atomic E-state index is 0.0920. The van der Waals surface area contributed by atoms with Gasteiger partial charge in [-0.2, -0.15) is 0 Å². The van der Waals surface area contributed by atoms with E-state index < -0.39 is 16.0 Å². The molecule has 0 spiro atoms. The Hall–Kier alpha value is -3.32. The quantitative estimate of drug-likeness (QED) is 0.167. The van der Waals surface area contributed by atoms with Gasteiger partial charge >= 0.3 is 5.97 Å². The van der Waals surface area contributed by atoms with Crippen LogP contribution in [0.25, 0.3) is 17.0 Å². The highest BCUT2D eigenvalue weighted by atomic mass is 32.2. The summed E-state index contributed by atoms with van der Waals surface area (Å²) in [5.74, 6) is -0.458. The fraction of sp³-hybridized carbons (Fsp3) is 0.174. The summed E-state index contributed by atoms with van der Waals surface area (Å²) in [7, 11) is -3.70. The zero-order chi connectivity index (χ0) is 21.6. The predicted octanol–water partition coefficient (Wildman–Crippen LogP) is 4.38. The number of ether oxygens (including phenoxy) is 2. The van der Waals surface area contributed by atoms with Crippen molar-refractivity contribution in [2.24, 2.45) is 0 Å². The average Bonchev–Trinajstić information content (AvgIpc) is 3.18. The normalized spacial score (nSPS) is 12.0. The lowest BCUT2D eigenvalue weighted by molar-refractivity contribution is -0.142. The molecule has 0 radical (unpaired) electrons. The molecule has 0 N–H and O–H groups in total. The van der Waals surface area contributed by atoms with Gasteiger partial charge in [-0.3, -0.25) is 0 Å². The number of rotatable bonds is 9. The van der Waals surface area contributed by atoms with E-state index in [0.717, 1.165) is 5.39 Å². The van der Waals surface area contributed by atoms with Crippen molar-refractivity contribution in [3.63, 3.8) is 0 Å². The number of nitrogens with zero attached hydrogens (tertiary/aromatic N) is 1. The molecular weight excluding hydrogens is 402 g/mol. The van der Waals surface area contributed by atoms with Crippen LogP contribution in [0.3, 0.4) is 0 Å². The van der Waals surface area contributed by atoms with Crippen LogP contribution in [0, 0.1) is 0 Å². The fourth-order valence-corrected chi connectivity index (χ4v) is 4.28. The summed E-state index contributed by atoms with van der Waals surface area (Å²) >= 11 is 0. The molecule has 0 saturated heterocycles. The van der Waals surface area contributed by atoms with Crippen LogP contribution in [-0.2, 0) is 24.3 Å². The molecule has 2 aromatic carbocycles. The topological polar surface area (TPSA) is 74.6 Å². The molecule has 1 heterocycles. The molecule has 0 aliphatic carbocycles. The van der Waals surface area contributed by atoms with Crippen molar-refractivity contribution >= 4 is 33.0 Å². The van der Waals surface area contributed by atoms with Gasteiger partial charge in [0, 0.05) is 11.6 Å². The van der Waals surface area contributed by atoms with Crippen LogP contribution >= 0.6 is 0 Å². The zero-order valence-electron chi connectivity index (χ0n) is 16.7. The molecule has 6 nitrogen and oxygen atoms in total. The Morgan fingerprint density at radius 2 is 1.87 bits per heavy atom. The first-order valence-electron chi connectivity index (χ1n) is 9.51. The van der Waals surface area contributed by atoms with Crippen molar-refractivity contribution < 1.29 is 22.7 Å². The van der Waals surface area contributed by atoms with Crippen LogP contribution in [0.1, 0.15) is 18.9 Å². The summed E-state index contributed by atoms with van der Waals surface area (Å²) in [6, 6.07) is 15.2. The van der Waals surface area contributed by atoms with Crippen LogP contribution in [0.2, 0.25) is 0 Å².